The number of rotatable bonds is 5. The van der Waals surface area contributed by atoms with E-state index in [0.29, 0.717) is 6.54 Å². The lowest BCUT2D eigenvalue weighted by Crippen LogP contribution is -2.38. The van der Waals surface area contributed by atoms with Crippen molar-refractivity contribution in [2.24, 2.45) is 0 Å². The number of nitrogens with zero attached hydrogens (tertiary/aromatic N) is 2. The first-order valence-corrected chi connectivity index (χ1v) is 9.92. The molecule has 3 heterocycles. The third kappa shape index (κ3) is 3.99. The van der Waals surface area contributed by atoms with E-state index in [1.54, 1.807) is 17.4 Å². The summed E-state index contributed by atoms with van der Waals surface area (Å²) in [5, 5.41) is 12.7. The maximum Gasteiger partial charge on any atom is 0.224 e. The molecule has 1 unspecified atom stereocenters. The molecule has 0 bridgehead atoms. The van der Waals surface area contributed by atoms with E-state index >= 15 is 0 Å². The molecule has 0 aliphatic carbocycles. The summed E-state index contributed by atoms with van der Waals surface area (Å²) in [4.78, 5) is 15.6. The van der Waals surface area contributed by atoms with E-state index in [-0.39, 0.29) is 29.0 Å². The first-order chi connectivity index (χ1) is 13.1. The number of halogens is 2. The molecule has 1 aliphatic rings. The van der Waals surface area contributed by atoms with Crippen LogP contribution in [0.15, 0.2) is 41.8 Å². The van der Waals surface area contributed by atoms with E-state index in [9.17, 15) is 9.18 Å². The quantitative estimate of drug-likeness (QED) is 0.678. The van der Waals surface area contributed by atoms with Gasteiger partial charge in [-0.15, -0.1) is 11.3 Å². The van der Waals surface area contributed by atoms with Crippen LogP contribution in [0.5, 0.6) is 0 Å². The Balaban J connectivity index is 1.35. The molecule has 140 valence electrons. The number of hydrogen-bond donors (Lipinski definition) is 2. The highest BCUT2D eigenvalue weighted by Crippen LogP contribution is 2.27. The Kier molecular flexibility index (Phi) is 5.13. The van der Waals surface area contributed by atoms with Crippen molar-refractivity contribution in [2.75, 3.05) is 18.0 Å². The summed E-state index contributed by atoms with van der Waals surface area (Å²) in [6.45, 7) is 1.48. The first-order valence-electron chi connectivity index (χ1n) is 8.66. The molecule has 3 aromatic rings. The molecule has 1 saturated heterocycles. The van der Waals surface area contributed by atoms with Gasteiger partial charge in [-0.2, -0.15) is 5.10 Å². The lowest BCUT2D eigenvalue weighted by molar-refractivity contribution is -0.121. The zero-order chi connectivity index (χ0) is 18.8. The number of H-pyrrole nitrogens is 1. The lowest BCUT2D eigenvalue weighted by atomic mass is 10.1. The van der Waals surface area contributed by atoms with Gasteiger partial charge in [0.2, 0.25) is 5.91 Å². The molecule has 0 spiro atoms. The molecular formula is C19H18ClFN4OS. The number of benzene rings is 1. The highest BCUT2D eigenvalue weighted by atomic mass is 35.5. The van der Waals surface area contributed by atoms with Gasteiger partial charge in [0.1, 0.15) is 5.82 Å². The molecule has 4 rings (SSSR count). The van der Waals surface area contributed by atoms with Crippen molar-refractivity contribution in [2.45, 2.75) is 18.9 Å². The number of aromatic amines is 1. The fraction of sp³-hybridized carbons (Fsp3) is 0.263. The Morgan fingerprint density at radius 2 is 2.30 bits per heavy atom. The van der Waals surface area contributed by atoms with Crippen molar-refractivity contribution in [3.63, 3.8) is 0 Å². The van der Waals surface area contributed by atoms with Crippen LogP contribution in [0.25, 0.3) is 10.6 Å². The predicted molar refractivity (Wildman–Crippen MR) is 106 cm³/mol. The van der Waals surface area contributed by atoms with Crippen LogP contribution in [-0.4, -0.2) is 35.2 Å². The van der Waals surface area contributed by atoms with E-state index in [1.807, 2.05) is 23.6 Å². The van der Waals surface area contributed by atoms with Gasteiger partial charge in [-0.3, -0.25) is 9.89 Å². The first kappa shape index (κ1) is 18.0. The molecule has 27 heavy (non-hydrogen) atoms. The molecular weight excluding hydrogens is 387 g/mol. The van der Waals surface area contributed by atoms with Gasteiger partial charge in [0, 0.05) is 35.8 Å². The molecule has 0 radical (unpaired) electrons. The second-order valence-corrected chi connectivity index (χ2v) is 7.85. The summed E-state index contributed by atoms with van der Waals surface area (Å²) in [6.07, 6.45) is 0.755. The van der Waals surface area contributed by atoms with E-state index in [0.717, 1.165) is 29.4 Å². The molecule has 1 fully saturated rings. The third-order valence-electron chi connectivity index (χ3n) is 4.63. The molecule has 1 amide bonds. The van der Waals surface area contributed by atoms with Crippen molar-refractivity contribution >= 4 is 34.7 Å². The standard InChI is InChI=1S/C19H18ClFN4OS/c20-14-3-1-4-15(21)13(14)9-19(26)22-12-6-7-25(11-12)18-10-16(23-24-18)17-5-2-8-27-17/h1-5,8,10,12H,6-7,9,11H2,(H,22,26)(H,23,24). The topological polar surface area (TPSA) is 61.0 Å². The van der Waals surface area contributed by atoms with Crippen LogP contribution >= 0.6 is 22.9 Å². The number of amides is 1. The minimum absolute atomic E-state index is 0.00457. The summed E-state index contributed by atoms with van der Waals surface area (Å²) in [6, 6.07) is 10.5. The Morgan fingerprint density at radius 3 is 3.07 bits per heavy atom. The highest BCUT2D eigenvalue weighted by Gasteiger charge is 2.26. The number of hydrogen-bond acceptors (Lipinski definition) is 4. The zero-order valence-electron chi connectivity index (χ0n) is 14.4. The molecule has 1 aromatic carbocycles. The van der Waals surface area contributed by atoms with Gasteiger partial charge >= 0.3 is 0 Å². The highest BCUT2D eigenvalue weighted by molar-refractivity contribution is 7.13. The second kappa shape index (κ2) is 7.70. The normalized spacial score (nSPS) is 16.7. The van der Waals surface area contributed by atoms with Crippen LogP contribution < -0.4 is 10.2 Å². The van der Waals surface area contributed by atoms with Crippen molar-refractivity contribution in [1.82, 2.24) is 15.5 Å². The maximum absolute atomic E-state index is 13.8. The molecule has 1 atom stereocenters. The van der Waals surface area contributed by atoms with Gasteiger partial charge < -0.3 is 10.2 Å². The van der Waals surface area contributed by atoms with Crippen molar-refractivity contribution in [3.8, 4) is 10.6 Å². The summed E-state index contributed by atoms with van der Waals surface area (Å²) in [7, 11) is 0. The number of thiophene rings is 1. The second-order valence-electron chi connectivity index (χ2n) is 6.49. The minimum Gasteiger partial charge on any atom is -0.353 e. The summed E-state index contributed by atoms with van der Waals surface area (Å²) in [5.41, 5.74) is 1.22. The Hall–Kier alpha value is -2.38. The number of carbonyl (C=O) groups excluding carboxylic acids is 1. The van der Waals surface area contributed by atoms with Crippen LogP contribution in [0.2, 0.25) is 5.02 Å². The largest absolute Gasteiger partial charge is 0.353 e. The molecule has 8 heteroatoms. The monoisotopic (exact) mass is 404 g/mol. The van der Waals surface area contributed by atoms with Crippen LogP contribution in [0.1, 0.15) is 12.0 Å². The fourth-order valence-electron chi connectivity index (χ4n) is 3.26. The molecule has 2 N–H and O–H groups in total. The number of anilines is 1. The van der Waals surface area contributed by atoms with Crippen molar-refractivity contribution in [3.05, 3.63) is 58.2 Å². The number of carbonyl (C=O) groups is 1. The fourth-order valence-corrected chi connectivity index (χ4v) is 4.18. The predicted octanol–water partition coefficient (Wildman–Crippen LogP) is 3.87. The van der Waals surface area contributed by atoms with Gasteiger partial charge in [-0.1, -0.05) is 23.7 Å². The van der Waals surface area contributed by atoms with Crippen LogP contribution in [0, 0.1) is 5.82 Å². The average molecular weight is 405 g/mol. The maximum atomic E-state index is 13.8. The summed E-state index contributed by atoms with van der Waals surface area (Å²) in [5.74, 6) is 0.186. The van der Waals surface area contributed by atoms with E-state index < -0.39 is 5.82 Å². The van der Waals surface area contributed by atoms with Gasteiger partial charge in [-0.25, -0.2) is 4.39 Å². The number of nitrogens with one attached hydrogen (secondary N) is 2. The SMILES string of the molecule is O=C(Cc1c(F)cccc1Cl)NC1CCN(c2cc(-c3cccs3)[nH]n2)C1. The Labute approximate surface area is 165 Å². The smallest absolute Gasteiger partial charge is 0.224 e. The average Bonchev–Trinajstić information content (AvgIpc) is 3.38. The van der Waals surface area contributed by atoms with E-state index in [1.165, 1.54) is 12.1 Å². The zero-order valence-corrected chi connectivity index (χ0v) is 16.0. The van der Waals surface area contributed by atoms with Crippen LogP contribution in [0.4, 0.5) is 10.2 Å². The van der Waals surface area contributed by atoms with Crippen molar-refractivity contribution in [1.29, 1.82) is 0 Å². The van der Waals surface area contributed by atoms with Crippen LogP contribution in [-0.2, 0) is 11.2 Å². The molecule has 5 nitrogen and oxygen atoms in total. The van der Waals surface area contributed by atoms with E-state index in [4.69, 9.17) is 11.6 Å². The summed E-state index contributed by atoms with van der Waals surface area (Å²) < 4.78 is 13.8. The molecule has 1 aliphatic heterocycles. The minimum atomic E-state index is -0.455. The van der Waals surface area contributed by atoms with Gasteiger partial charge in [-0.05, 0) is 30.0 Å². The van der Waals surface area contributed by atoms with Gasteiger partial charge in [0.05, 0.1) is 17.0 Å². The van der Waals surface area contributed by atoms with Gasteiger partial charge in [0.15, 0.2) is 5.82 Å². The van der Waals surface area contributed by atoms with Gasteiger partial charge in [0.25, 0.3) is 0 Å². The molecule has 2 aromatic heterocycles. The van der Waals surface area contributed by atoms with Crippen LogP contribution in [0.3, 0.4) is 0 Å². The van der Waals surface area contributed by atoms with E-state index in [2.05, 4.69) is 20.4 Å². The lowest BCUT2D eigenvalue weighted by Gasteiger charge is -2.16. The number of aromatic nitrogens is 2. The Bertz CT molecular complexity index is 923. The Morgan fingerprint density at radius 1 is 1.41 bits per heavy atom. The third-order valence-corrected chi connectivity index (χ3v) is 5.88. The van der Waals surface area contributed by atoms with Crippen molar-refractivity contribution < 1.29 is 9.18 Å². The summed E-state index contributed by atoms with van der Waals surface area (Å²) >= 11 is 7.65. The molecule has 0 saturated carbocycles.